The highest BCUT2D eigenvalue weighted by atomic mass is 16.3. The van der Waals surface area contributed by atoms with Crippen LogP contribution >= 0.6 is 0 Å². The first-order valence-corrected chi connectivity index (χ1v) is 6.56. The number of amides is 1. The molecule has 0 saturated carbocycles. The van der Waals surface area contributed by atoms with E-state index in [1.807, 2.05) is 24.9 Å². The minimum absolute atomic E-state index is 0.00953. The molecule has 2 N–H and O–H groups in total. The van der Waals surface area contributed by atoms with Gasteiger partial charge < -0.3 is 15.3 Å². The number of carbonyl (C=O) groups is 1. The van der Waals surface area contributed by atoms with E-state index in [2.05, 4.69) is 5.32 Å². The van der Waals surface area contributed by atoms with Gasteiger partial charge in [-0.2, -0.15) is 5.26 Å². The van der Waals surface area contributed by atoms with Gasteiger partial charge in [-0.25, -0.2) is 0 Å². The zero-order valence-corrected chi connectivity index (χ0v) is 12.1. The lowest BCUT2D eigenvalue weighted by Gasteiger charge is -2.23. The van der Waals surface area contributed by atoms with E-state index in [-0.39, 0.29) is 11.8 Å². The fraction of sp³-hybridized carbons (Fsp3) is 0.467. The van der Waals surface area contributed by atoms with Gasteiger partial charge in [-0.05, 0) is 24.7 Å². The number of benzene rings is 1. The van der Waals surface area contributed by atoms with Crippen LogP contribution in [0.1, 0.15) is 24.2 Å². The molecule has 0 radical (unpaired) electrons. The summed E-state index contributed by atoms with van der Waals surface area (Å²) in [6.07, 6.45) is -0.635. The van der Waals surface area contributed by atoms with Gasteiger partial charge in [0.1, 0.15) is 0 Å². The van der Waals surface area contributed by atoms with Crippen molar-refractivity contribution in [1.29, 1.82) is 5.26 Å². The van der Waals surface area contributed by atoms with Crippen molar-refractivity contribution in [2.24, 2.45) is 5.92 Å². The van der Waals surface area contributed by atoms with Gasteiger partial charge in [-0.3, -0.25) is 4.79 Å². The third-order valence-corrected chi connectivity index (χ3v) is 3.19. The number of likely N-dealkylation sites (N-methyl/N-ethyl adjacent to an activating group) is 1. The molecule has 5 heteroatoms. The highest BCUT2D eigenvalue weighted by molar-refractivity contribution is 5.78. The Bertz CT molecular complexity index is 479. The first kappa shape index (κ1) is 16.2. The summed E-state index contributed by atoms with van der Waals surface area (Å²) >= 11 is 0. The summed E-state index contributed by atoms with van der Waals surface area (Å²) in [5, 5.41) is 21.5. The van der Waals surface area contributed by atoms with Gasteiger partial charge in [-0.1, -0.05) is 19.1 Å². The molecule has 5 nitrogen and oxygen atoms in total. The molecule has 0 aliphatic carbocycles. The van der Waals surface area contributed by atoms with Gasteiger partial charge in [0.15, 0.2) is 0 Å². The number of carbonyl (C=O) groups excluding carboxylic acids is 1. The SMILES string of the molecule is CNC(=O)C(C)CN(C)CC(O)c1ccc(C#N)cc1. The summed E-state index contributed by atoms with van der Waals surface area (Å²) in [5.74, 6) is -0.136. The molecule has 2 unspecified atom stereocenters. The minimum Gasteiger partial charge on any atom is -0.387 e. The van der Waals surface area contributed by atoms with E-state index in [1.165, 1.54) is 0 Å². The van der Waals surface area contributed by atoms with Crippen LogP contribution in [0.25, 0.3) is 0 Å². The maximum absolute atomic E-state index is 11.4. The van der Waals surface area contributed by atoms with Crippen molar-refractivity contribution < 1.29 is 9.90 Å². The van der Waals surface area contributed by atoms with E-state index >= 15 is 0 Å². The molecule has 0 aliphatic rings. The second-order valence-electron chi connectivity index (χ2n) is 4.99. The van der Waals surface area contributed by atoms with Crippen LogP contribution in [0, 0.1) is 17.2 Å². The molecule has 20 heavy (non-hydrogen) atoms. The Hall–Kier alpha value is -1.90. The van der Waals surface area contributed by atoms with Gasteiger partial charge in [0.2, 0.25) is 5.91 Å². The number of hydrogen-bond acceptors (Lipinski definition) is 4. The van der Waals surface area contributed by atoms with Gasteiger partial charge in [-0.15, -0.1) is 0 Å². The monoisotopic (exact) mass is 275 g/mol. The van der Waals surface area contributed by atoms with Gasteiger partial charge in [0, 0.05) is 26.1 Å². The number of nitrogens with one attached hydrogen (secondary N) is 1. The molecule has 0 saturated heterocycles. The Kier molecular flexibility index (Phi) is 6.16. The van der Waals surface area contributed by atoms with Crippen molar-refractivity contribution >= 4 is 5.91 Å². The third kappa shape index (κ3) is 4.65. The molecule has 0 fully saturated rings. The Morgan fingerprint density at radius 1 is 1.40 bits per heavy atom. The molecule has 108 valence electrons. The fourth-order valence-corrected chi connectivity index (χ4v) is 2.05. The molecule has 1 rings (SSSR count). The number of aliphatic hydroxyl groups is 1. The minimum atomic E-state index is -0.635. The molecule has 2 atom stereocenters. The summed E-state index contributed by atoms with van der Waals surface area (Å²) in [4.78, 5) is 13.4. The standard InChI is InChI=1S/C15H21N3O2/c1-11(15(20)17-2)9-18(3)10-14(19)13-6-4-12(8-16)5-7-13/h4-7,11,14,19H,9-10H2,1-3H3,(H,17,20). The van der Waals surface area contributed by atoms with Gasteiger partial charge in [0.05, 0.1) is 17.7 Å². The van der Waals surface area contributed by atoms with E-state index in [4.69, 9.17) is 5.26 Å². The van der Waals surface area contributed by atoms with Crippen molar-refractivity contribution in [2.45, 2.75) is 13.0 Å². The average molecular weight is 275 g/mol. The average Bonchev–Trinajstić information content (AvgIpc) is 2.46. The quantitative estimate of drug-likeness (QED) is 0.809. The Morgan fingerprint density at radius 2 is 2.00 bits per heavy atom. The summed E-state index contributed by atoms with van der Waals surface area (Å²) < 4.78 is 0. The molecule has 0 heterocycles. The van der Waals surface area contributed by atoms with Crippen LogP contribution in [0.3, 0.4) is 0 Å². The van der Waals surface area contributed by atoms with Crippen LogP contribution in [0.2, 0.25) is 0 Å². The third-order valence-electron chi connectivity index (χ3n) is 3.19. The van der Waals surface area contributed by atoms with Crippen molar-refractivity contribution in [3.63, 3.8) is 0 Å². The lowest BCUT2D eigenvalue weighted by molar-refractivity contribution is -0.124. The second kappa shape index (κ2) is 7.63. The number of hydrogen-bond donors (Lipinski definition) is 2. The lowest BCUT2D eigenvalue weighted by atomic mass is 10.1. The predicted octanol–water partition coefficient (Wildman–Crippen LogP) is 0.906. The maximum Gasteiger partial charge on any atom is 0.223 e. The number of rotatable bonds is 6. The first-order chi connectivity index (χ1) is 9.47. The van der Waals surface area contributed by atoms with Crippen molar-refractivity contribution in [3.05, 3.63) is 35.4 Å². The van der Waals surface area contributed by atoms with E-state index in [1.54, 1.807) is 31.3 Å². The zero-order valence-electron chi connectivity index (χ0n) is 12.1. The van der Waals surface area contributed by atoms with Gasteiger partial charge in [0.25, 0.3) is 0 Å². The Labute approximate surface area is 119 Å². The molecule has 0 aliphatic heterocycles. The van der Waals surface area contributed by atoms with Crippen LogP contribution in [0.15, 0.2) is 24.3 Å². The maximum atomic E-state index is 11.4. The molecular weight excluding hydrogens is 254 g/mol. The van der Waals surface area contributed by atoms with Crippen LogP contribution in [0.5, 0.6) is 0 Å². The Morgan fingerprint density at radius 3 is 2.50 bits per heavy atom. The summed E-state index contributed by atoms with van der Waals surface area (Å²) in [6, 6.07) is 8.91. The first-order valence-electron chi connectivity index (χ1n) is 6.56. The van der Waals surface area contributed by atoms with Crippen molar-refractivity contribution in [3.8, 4) is 6.07 Å². The smallest absolute Gasteiger partial charge is 0.223 e. The fourth-order valence-electron chi connectivity index (χ4n) is 2.05. The second-order valence-corrected chi connectivity index (χ2v) is 4.99. The zero-order chi connectivity index (χ0) is 15.1. The van der Waals surface area contributed by atoms with Crippen LogP contribution in [0.4, 0.5) is 0 Å². The summed E-state index contributed by atoms with van der Waals surface area (Å²) in [6.45, 7) is 2.86. The van der Waals surface area contributed by atoms with Crippen molar-refractivity contribution in [2.75, 3.05) is 27.2 Å². The highest BCUT2D eigenvalue weighted by Gasteiger charge is 2.16. The number of nitriles is 1. The highest BCUT2D eigenvalue weighted by Crippen LogP contribution is 2.15. The topological polar surface area (TPSA) is 76.4 Å². The van der Waals surface area contributed by atoms with Crippen LogP contribution in [-0.2, 0) is 4.79 Å². The molecule has 0 spiro atoms. The largest absolute Gasteiger partial charge is 0.387 e. The molecule has 1 aromatic carbocycles. The van der Waals surface area contributed by atoms with Crippen LogP contribution in [-0.4, -0.2) is 43.1 Å². The van der Waals surface area contributed by atoms with Crippen molar-refractivity contribution in [1.82, 2.24) is 10.2 Å². The number of nitrogens with zero attached hydrogens (tertiary/aromatic N) is 2. The van der Waals surface area contributed by atoms with E-state index < -0.39 is 6.10 Å². The van der Waals surface area contributed by atoms with Crippen LogP contribution < -0.4 is 5.32 Å². The molecule has 1 aromatic rings. The predicted molar refractivity (Wildman–Crippen MR) is 76.8 cm³/mol. The van der Waals surface area contributed by atoms with E-state index in [0.29, 0.717) is 18.7 Å². The number of aliphatic hydroxyl groups excluding tert-OH is 1. The molecule has 1 amide bonds. The molecule has 0 aromatic heterocycles. The molecular formula is C15H21N3O2. The van der Waals surface area contributed by atoms with E-state index in [9.17, 15) is 9.90 Å². The Balaban J connectivity index is 2.54. The summed E-state index contributed by atoms with van der Waals surface area (Å²) in [5.41, 5.74) is 1.34. The molecule has 0 bridgehead atoms. The normalized spacial score (nSPS) is 13.6. The van der Waals surface area contributed by atoms with E-state index in [0.717, 1.165) is 5.56 Å². The van der Waals surface area contributed by atoms with Gasteiger partial charge >= 0.3 is 0 Å². The lowest BCUT2D eigenvalue weighted by Crippen LogP contribution is -2.36. The summed E-state index contributed by atoms with van der Waals surface area (Å²) in [7, 11) is 3.48.